The second kappa shape index (κ2) is 51.6. The van der Waals surface area contributed by atoms with Crippen molar-refractivity contribution in [2.24, 2.45) is 58.2 Å². The van der Waals surface area contributed by atoms with Gasteiger partial charge in [0.1, 0.15) is 11.9 Å². The third-order valence-electron chi connectivity index (χ3n) is 22.6. The molecular weight excluding hydrogens is 1310 g/mol. The van der Waals surface area contributed by atoms with Crippen molar-refractivity contribution in [1.82, 2.24) is 0 Å². The molecule has 5 aromatic rings. The zero-order chi connectivity index (χ0) is 77.0. The summed E-state index contributed by atoms with van der Waals surface area (Å²) in [6, 6.07) is 52.7. The number of unbranched alkanes of at least 4 members (excludes halogenated alkanes) is 4. The maximum absolute atomic E-state index is 12.4. The highest BCUT2D eigenvalue weighted by Crippen LogP contribution is 2.63. The standard InChI is InChI=1S/2C39H56.C18H14O4.2C2H6O.CH4/c2*1-7-9-11-13-15-23-29-39(34(5)6,30-24-16-14-12-10-8-2)32-37(35-25-19-17-20-26-35)31-38(33(3)4)36-27-21-18-22-28-36;19-17-15-13(9-5-1-3-7-11(9)21-17)16-14(15)10-6-2-4-8-12(10)22-18(16)20;2*1-3-2;/h2*7-10,15-28,33-34,37-38H,11-14,29-32H2,1-6H3;1-9,11,13-16H;2*1-2H3;1H4/b2*9-7+,10-8+,23-15-,24-16-;;;;. The Bertz CT molecular complexity index is 3280. The number of ether oxygens (including phenoxy) is 4. The van der Waals surface area contributed by atoms with Gasteiger partial charge in [0.05, 0.1) is 11.8 Å². The Balaban J connectivity index is 0.000000335. The minimum atomic E-state index is -0.246. The van der Waals surface area contributed by atoms with Crippen molar-refractivity contribution < 1.29 is 28.5 Å². The first kappa shape index (κ1) is 91.7. The lowest BCUT2D eigenvalue weighted by Gasteiger charge is -2.57. The smallest absolute Gasteiger partial charge is 0.315 e. The summed E-state index contributed by atoms with van der Waals surface area (Å²) in [4.78, 5) is 24.9. The number of carbonyl (C=O) groups excluding carboxylic acids is 2. The monoisotopic (exact) mass is 1450 g/mol. The first-order chi connectivity index (χ1) is 51.4. The summed E-state index contributed by atoms with van der Waals surface area (Å²) in [5, 5.41) is 0. The van der Waals surface area contributed by atoms with Crippen molar-refractivity contribution in [3.63, 3.8) is 0 Å². The molecule has 2 heterocycles. The van der Waals surface area contributed by atoms with Crippen molar-refractivity contribution in [3.8, 4) is 5.75 Å². The van der Waals surface area contributed by atoms with Crippen LogP contribution in [-0.2, 0) is 23.8 Å². The highest BCUT2D eigenvalue weighted by molar-refractivity contribution is 5.88. The van der Waals surface area contributed by atoms with Crippen LogP contribution in [0.5, 0.6) is 5.75 Å². The third kappa shape index (κ3) is 29.4. The Morgan fingerprint density at radius 3 is 1.06 bits per heavy atom. The number of hydrogen-bond acceptors (Lipinski definition) is 6. The topological polar surface area (TPSA) is 71.1 Å². The zero-order valence-corrected chi connectivity index (χ0v) is 68.2. The number of methoxy groups -OCH3 is 2. The highest BCUT2D eigenvalue weighted by Gasteiger charge is 2.66. The Hall–Kier alpha value is -7.64. The molecule has 0 spiro atoms. The number of rotatable bonds is 36. The molecule has 582 valence electrons. The summed E-state index contributed by atoms with van der Waals surface area (Å²) in [6.07, 6.45) is 63.4. The number of carbonyl (C=O) groups is 2. The minimum absolute atomic E-state index is 0. The quantitative estimate of drug-likeness (QED) is 0.0172. The molecule has 107 heavy (non-hydrogen) atoms. The Labute approximate surface area is 652 Å². The normalized spacial score (nSPS) is 19.3. The fourth-order valence-electron chi connectivity index (χ4n) is 16.4. The Morgan fingerprint density at radius 2 is 0.710 bits per heavy atom. The first-order valence-corrected chi connectivity index (χ1v) is 40.4. The van der Waals surface area contributed by atoms with Crippen molar-refractivity contribution in [2.45, 2.75) is 229 Å². The van der Waals surface area contributed by atoms with E-state index in [1.54, 1.807) is 34.5 Å². The van der Waals surface area contributed by atoms with E-state index in [2.05, 4.69) is 317 Å². The fourth-order valence-corrected chi connectivity index (χ4v) is 16.4. The molecule has 2 aliphatic heterocycles. The number of benzene rings is 5. The van der Waals surface area contributed by atoms with Gasteiger partial charge in [-0.15, -0.1) is 0 Å². The molecular formula is C101H142O6. The molecule has 6 nitrogen and oxygen atoms in total. The number of esters is 2. The van der Waals surface area contributed by atoms with Crippen LogP contribution in [0.4, 0.5) is 0 Å². The SMILES string of the molecule is C.C/C=C/CC/C=C\CC(C/C=C\CC/C=C/C)(CC(CC(c1ccccc1)C(C)C)c1ccccc1)C(C)C.C/C=C/CC/C=C\CC(C/C=C\CC/C=C/C)(CC(CC(c1ccccc1)C(C)C)c1ccccc1)C(C)C.COC.COC.O=C1Oc2ccccc2C2C1C1C3C=CC=CC3OC(=O)C21. The third-order valence-corrected chi connectivity index (χ3v) is 22.6. The van der Waals surface area contributed by atoms with E-state index in [-0.39, 0.29) is 65.9 Å². The number of fused-ring (bicyclic) bond motifs is 8. The van der Waals surface area contributed by atoms with Crippen LogP contribution in [-0.4, -0.2) is 46.5 Å². The molecule has 0 aromatic heterocycles. The van der Waals surface area contributed by atoms with Crippen molar-refractivity contribution in [3.05, 3.63) is 295 Å². The largest absolute Gasteiger partial charge is 0.457 e. The van der Waals surface area contributed by atoms with E-state index in [4.69, 9.17) is 9.47 Å². The van der Waals surface area contributed by atoms with Crippen LogP contribution in [0.3, 0.4) is 0 Å². The summed E-state index contributed by atoms with van der Waals surface area (Å²) < 4.78 is 19.6. The molecule has 2 fully saturated rings. The van der Waals surface area contributed by atoms with Crippen molar-refractivity contribution >= 4 is 11.9 Å². The van der Waals surface area contributed by atoms with Crippen LogP contribution >= 0.6 is 0 Å². The zero-order valence-electron chi connectivity index (χ0n) is 68.2. The van der Waals surface area contributed by atoms with Crippen molar-refractivity contribution in [1.29, 1.82) is 0 Å². The van der Waals surface area contributed by atoms with Gasteiger partial charge in [0.25, 0.3) is 0 Å². The molecule has 0 amide bonds. The average Bonchev–Trinajstić information content (AvgIpc) is 0.696. The predicted octanol–water partition coefficient (Wildman–Crippen LogP) is 27.9. The fraction of sp³-hybridized carbons (Fsp3) is 0.485. The minimum Gasteiger partial charge on any atom is -0.457 e. The average molecular weight is 1450 g/mol. The molecule has 6 heteroatoms. The van der Waals surface area contributed by atoms with Gasteiger partial charge in [0, 0.05) is 40.3 Å². The number of hydrogen-bond donors (Lipinski definition) is 0. The maximum Gasteiger partial charge on any atom is 0.315 e. The van der Waals surface area contributed by atoms with Crippen LogP contribution in [0.25, 0.3) is 0 Å². The lowest BCUT2D eigenvalue weighted by molar-refractivity contribution is -0.194. The lowest BCUT2D eigenvalue weighted by Crippen LogP contribution is -2.63. The maximum atomic E-state index is 12.4. The summed E-state index contributed by atoms with van der Waals surface area (Å²) in [5.74, 6) is 4.21. The van der Waals surface area contributed by atoms with E-state index in [0.717, 1.165) is 82.6 Å². The number of allylic oxidation sites excluding steroid dienone is 18. The van der Waals surface area contributed by atoms with Gasteiger partial charge in [-0.1, -0.05) is 318 Å². The molecule has 0 N–H and O–H groups in total. The van der Waals surface area contributed by atoms with E-state index in [0.29, 0.717) is 53.1 Å². The van der Waals surface area contributed by atoms with Crippen molar-refractivity contribution in [2.75, 3.05) is 28.4 Å². The van der Waals surface area contributed by atoms with E-state index >= 15 is 0 Å². The van der Waals surface area contributed by atoms with Gasteiger partial charge in [-0.25, -0.2) is 0 Å². The van der Waals surface area contributed by atoms with Gasteiger partial charge >= 0.3 is 11.9 Å². The van der Waals surface area contributed by atoms with Gasteiger partial charge in [-0.3, -0.25) is 9.59 Å². The highest BCUT2D eigenvalue weighted by atomic mass is 16.6. The van der Waals surface area contributed by atoms with Gasteiger partial charge in [0.2, 0.25) is 0 Å². The molecule has 1 saturated heterocycles. The van der Waals surface area contributed by atoms with E-state index in [9.17, 15) is 9.59 Å². The van der Waals surface area contributed by atoms with E-state index in [1.165, 1.54) is 47.9 Å². The van der Waals surface area contributed by atoms with Crippen LogP contribution in [0.15, 0.2) is 267 Å². The summed E-state index contributed by atoms with van der Waals surface area (Å²) in [7, 11) is 6.50. The lowest BCUT2D eigenvalue weighted by atomic mass is 9.48. The van der Waals surface area contributed by atoms with Gasteiger partial charge < -0.3 is 18.9 Å². The summed E-state index contributed by atoms with van der Waals surface area (Å²) in [5.41, 5.74) is 7.38. The van der Waals surface area contributed by atoms with Gasteiger partial charge in [-0.05, 0) is 234 Å². The second-order valence-electron chi connectivity index (χ2n) is 31.1. The van der Waals surface area contributed by atoms with Crippen LogP contribution in [0.1, 0.15) is 251 Å². The Morgan fingerprint density at radius 1 is 0.393 bits per heavy atom. The summed E-state index contributed by atoms with van der Waals surface area (Å²) >= 11 is 0. The molecule has 0 bridgehead atoms. The predicted molar refractivity (Wildman–Crippen MR) is 460 cm³/mol. The first-order valence-electron chi connectivity index (χ1n) is 40.4. The molecule has 10 atom stereocenters. The van der Waals surface area contributed by atoms with Gasteiger partial charge in [-0.2, -0.15) is 0 Å². The molecule has 4 aliphatic rings. The summed E-state index contributed by atoms with van der Waals surface area (Å²) in [6.45, 7) is 27.9. The molecule has 2 aliphatic carbocycles. The van der Waals surface area contributed by atoms with Crippen LogP contribution in [0, 0.1) is 58.2 Å². The van der Waals surface area contributed by atoms with Crippen LogP contribution < -0.4 is 4.74 Å². The molecule has 9 rings (SSSR count). The molecule has 1 saturated carbocycles. The molecule has 5 aromatic carbocycles. The molecule has 0 radical (unpaired) electrons. The second-order valence-corrected chi connectivity index (χ2v) is 31.1. The van der Waals surface area contributed by atoms with E-state index < -0.39 is 0 Å². The number of para-hydroxylation sites is 1. The van der Waals surface area contributed by atoms with Gasteiger partial charge in [0.15, 0.2) is 0 Å². The van der Waals surface area contributed by atoms with E-state index in [1.807, 2.05) is 36.4 Å². The molecule has 10 unspecified atom stereocenters. The van der Waals surface area contributed by atoms with Crippen LogP contribution in [0.2, 0.25) is 0 Å². The Kier molecular flexibility index (Phi) is 44.3.